The van der Waals surface area contributed by atoms with Gasteiger partial charge >= 0.3 is 0 Å². The molecule has 3 rings (SSSR count). The Labute approximate surface area is 156 Å². The maximum atomic E-state index is 6.04. The summed E-state index contributed by atoms with van der Waals surface area (Å²) in [5.41, 5.74) is 3.17. The van der Waals surface area contributed by atoms with E-state index in [2.05, 4.69) is 28.1 Å². The Morgan fingerprint density at radius 3 is 2.56 bits per heavy atom. The van der Waals surface area contributed by atoms with Gasteiger partial charge < -0.3 is 0 Å². The Kier molecular flexibility index (Phi) is 5.27. The molecule has 0 N–H and O–H groups in total. The number of allylic oxidation sites excluding steroid dienone is 4. The predicted molar refractivity (Wildman–Crippen MR) is 105 cm³/mol. The zero-order valence-corrected chi connectivity index (χ0v) is 14.9. The highest BCUT2D eigenvalue weighted by Crippen LogP contribution is 2.22. The molecule has 0 saturated heterocycles. The number of nitrogens with zero attached hydrogens (tertiary/aromatic N) is 3. The summed E-state index contributed by atoms with van der Waals surface area (Å²) in [6.45, 7) is 7.43. The van der Waals surface area contributed by atoms with Gasteiger partial charge in [-0.1, -0.05) is 60.6 Å². The highest BCUT2D eigenvalue weighted by Gasteiger charge is 2.08. The van der Waals surface area contributed by atoms with E-state index < -0.39 is 0 Å². The van der Waals surface area contributed by atoms with Crippen LogP contribution in [0.4, 0.5) is 0 Å². The molecule has 0 unspecified atom stereocenters. The lowest BCUT2D eigenvalue weighted by Gasteiger charge is -2.07. The van der Waals surface area contributed by atoms with Gasteiger partial charge in [0.2, 0.25) is 0 Å². The van der Waals surface area contributed by atoms with E-state index in [1.54, 1.807) is 12.3 Å². The van der Waals surface area contributed by atoms with Gasteiger partial charge in [0.15, 0.2) is 5.82 Å². The minimum Gasteiger partial charge on any atom is -0.249 e. The minimum absolute atomic E-state index is 0.394. The molecule has 0 amide bonds. The van der Waals surface area contributed by atoms with Gasteiger partial charge in [0.25, 0.3) is 0 Å². The van der Waals surface area contributed by atoms with E-state index in [-0.39, 0.29) is 0 Å². The Hall–Kier alpha value is -2.49. The van der Waals surface area contributed by atoms with Crippen molar-refractivity contribution in [1.29, 1.82) is 0 Å². The van der Waals surface area contributed by atoms with E-state index in [1.165, 1.54) is 0 Å². The van der Waals surface area contributed by atoms with Crippen LogP contribution >= 0.6 is 23.2 Å². The van der Waals surface area contributed by atoms with Crippen LogP contribution in [-0.4, -0.2) is 15.0 Å². The molecule has 0 fully saturated rings. The average molecular weight is 368 g/mol. The number of hydrogen-bond donors (Lipinski definition) is 0. The van der Waals surface area contributed by atoms with E-state index in [0.29, 0.717) is 28.0 Å². The molecule has 124 valence electrons. The Balaban J connectivity index is 1.95. The van der Waals surface area contributed by atoms with Gasteiger partial charge in [-0.05, 0) is 29.8 Å². The van der Waals surface area contributed by atoms with Crippen molar-refractivity contribution in [3.8, 4) is 11.5 Å². The van der Waals surface area contributed by atoms with Gasteiger partial charge in [-0.25, -0.2) is 15.0 Å². The van der Waals surface area contributed by atoms with E-state index in [9.17, 15) is 0 Å². The first-order valence-corrected chi connectivity index (χ1v) is 8.36. The van der Waals surface area contributed by atoms with Crippen molar-refractivity contribution in [1.82, 2.24) is 15.0 Å². The van der Waals surface area contributed by atoms with Gasteiger partial charge in [-0.2, -0.15) is 0 Å². The van der Waals surface area contributed by atoms with E-state index in [0.717, 1.165) is 22.2 Å². The highest BCUT2D eigenvalue weighted by molar-refractivity contribution is 6.33. The summed E-state index contributed by atoms with van der Waals surface area (Å²) >= 11 is 11.9. The van der Waals surface area contributed by atoms with Crippen LogP contribution < -0.4 is 0 Å². The molecule has 0 aliphatic carbocycles. The number of para-hydroxylation sites is 1. The Morgan fingerprint density at radius 1 is 1.00 bits per heavy atom. The lowest BCUT2D eigenvalue weighted by Crippen LogP contribution is -1.98. The maximum Gasteiger partial charge on any atom is 0.178 e. The molecule has 2 heterocycles. The molecule has 0 spiro atoms. The summed E-state index contributed by atoms with van der Waals surface area (Å²) in [6.07, 6.45) is 3.99. The molecule has 0 aliphatic heterocycles. The van der Waals surface area contributed by atoms with Crippen molar-refractivity contribution in [2.45, 2.75) is 6.42 Å². The fourth-order valence-corrected chi connectivity index (χ4v) is 2.66. The van der Waals surface area contributed by atoms with Crippen LogP contribution in [0.15, 0.2) is 83.5 Å². The summed E-state index contributed by atoms with van der Waals surface area (Å²) in [7, 11) is 0. The molecule has 0 bridgehead atoms. The van der Waals surface area contributed by atoms with Gasteiger partial charge in [-0.3, -0.25) is 0 Å². The van der Waals surface area contributed by atoms with E-state index in [4.69, 9.17) is 23.2 Å². The molecule has 1 aromatic carbocycles. The van der Waals surface area contributed by atoms with Crippen LogP contribution in [0.25, 0.3) is 22.4 Å². The van der Waals surface area contributed by atoms with E-state index >= 15 is 0 Å². The molecule has 2 aromatic heterocycles. The minimum atomic E-state index is 0.394. The third-order valence-corrected chi connectivity index (χ3v) is 3.93. The molecule has 3 nitrogen and oxygen atoms in total. The molecule has 0 saturated carbocycles. The molecule has 25 heavy (non-hydrogen) atoms. The topological polar surface area (TPSA) is 38.7 Å². The second-order valence-corrected chi connectivity index (χ2v) is 6.41. The molecule has 3 aromatic rings. The molecule has 0 aliphatic rings. The van der Waals surface area contributed by atoms with E-state index in [1.807, 2.05) is 42.5 Å². The highest BCUT2D eigenvalue weighted by atomic mass is 35.5. The van der Waals surface area contributed by atoms with Crippen LogP contribution in [0.2, 0.25) is 0 Å². The maximum absolute atomic E-state index is 6.04. The van der Waals surface area contributed by atoms with Crippen molar-refractivity contribution in [3.63, 3.8) is 0 Å². The molecular weight excluding hydrogens is 353 g/mol. The monoisotopic (exact) mass is 367 g/mol. The van der Waals surface area contributed by atoms with Crippen molar-refractivity contribution in [2.75, 3.05) is 0 Å². The number of hydrogen-bond acceptors (Lipinski definition) is 3. The fraction of sp³-hybridized carbons (Fsp3) is 0.0500. The lowest BCUT2D eigenvalue weighted by atomic mass is 10.1. The predicted octanol–water partition coefficient (Wildman–Crippen LogP) is 5.67. The van der Waals surface area contributed by atoms with Crippen molar-refractivity contribution >= 4 is 34.1 Å². The molecule has 5 heteroatoms. The van der Waals surface area contributed by atoms with Crippen LogP contribution in [0, 0.1) is 0 Å². The first-order chi connectivity index (χ1) is 12.0. The largest absolute Gasteiger partial charge is 0.249 e. The van der Waals surface area contributed by atoms with Crippen LogP contribution in [0.5, 0.6) is 0 Å². The smallest absolute Gasteiger partial charge is 0.178 e. The third-order valence-electron chi connectivity index (χ3n) is 3.58. The number of benzene rings is 1. The van der Waals surface area contributed by atoms with Gasteiger partial charge in [-0.15, -0.1) is 0 Å². The standard InChI is InChI=1S/C20H15Cl2N3/c1-13(21)10-16(14(2)22)11-17-7-5-9-19(24-17)20-23-12-15-6-3-4-8-18(15)25-20/h3-10,12H,1-2,11H2/b16-10-. The number of pyridine rings is 1. The second kappa shape index (κ2) is 7.60. The Morgan fingerprint density at radius 2 is 1.80 bits per heavy atom. The lowest BCUT2D eigenvalue weighted by molar-refractivity contribution is 1.06. The number of fused-ring (bicyclic) bond motifs is 1. The fourth-order valence-electron chi connectivity index (χ4n) is 2.41. The Bertz CT molecular complexity index is 993. The zero-order chi connectivity index (χ0) is 17.8. The SMILES string of the molecule is C=C(Cl)/C=C(/Cc1cccc(-c2ncc3ccccc3n2)n1)C(=C)Cl. The third kappa shape index (κ3) is 4.32. The number of halogens is 2. The van der Waals surface area contributed by atoms with Crippen molar-refractivity contribution in [3.05, 3.63) is 89.2 Å². The van der Waals surface area contributed by atoms with Crippen molar-refractivity contribution in [2.24, 2.45) is 0 Å². The summed E-state index contributed by atoms with van der Waals surface area (Å²) in [5.74, 6) is 0.581. The van der Waals surface area contributed by atoms with Crippen LogP contribution in [0.1, 0.15) is 5.69 Å². The molecular formula is C20H15Cl2N3. The first kappa shape index (κ1) is 17.3. The molecule has 0 atom stereocenters. The van der Waals surface area contributed by atoms with Gasteiger partial charge in [0.1, 0.15) is 5.69 Å². The van der Waals surface area contributed by atoms with Gasteiger partial charge in [0, 0.05) is 33.8 Å². The first-order valence-electron chi connectivity index (χ1n) is 7.61. The van der Waals surface area contributed by atoms with Crippen LogP contribution in [-0.2, 0) is 6.42 Å². The summed E-state index contributed by atoms with van der Waals surface area (Å²) in [4.78, 5) is 13.6. The summed E-state index contributed by atoms with van der Waals surface area (Å²) in [6, 6.07) is 13.6. The zero-order valence-electron chi connectivity index (χ0n) is 13.4. The van der Waals surface area contributed by atoms with Crippen LogP contribution in [0.3, 0.4) is 0 Å². The summed E-state index contributed by atoms with van der Waals surface area (Å²) in [5, 5.41) is 1.80. The normalized spacial score (nSPS) is 11.5. The quantitative estimate of drug-likeness (QED) is 0.545. The average Bonchev–Trinajstić information content (AvgIpc) is 2.60. The number of rotatable bonds is 5. The van der Waals surface area contributed by atoms with Crippen molar-refractivity contribution < 1.29 is 0 Å². The second-order valence-electron chi connectivity index (χ2n) is 5.46. The molecule has 0 radical (unpaired) electrons. The number of aromatic nitrogens is 3. The summed E-state index contributed by atoms with van der Waals surface area (Å²) < 4.78 is 0. The van der Waals surface area contributed by atoms with Gasteiger partial charge in [0.05, 0.1) is 5.52 Å².